The molecule has 0 radical (unpaired) electrons. The van der Waals surface area contributed by atoms with Crippen LogP contribution in [0.3, 0.4) is 0 Å². The highest BCUT2D eigenvalue weighted by atomic mass is 16.5. The standard InChI is InChI=1S/C11H15N3O2/c1-2-16-9-4-8(12)6-14-11(9)7-3-10(15)13-5-7/h4,6-7H,2-3,5,12H2,1H3,(H,13,15)/t7-/m0/s1. The minimum absolute atomic E-state index is 0.0612. The van der Waals surface area contributed by atoms with Gasteiger partial charge in [-0.1, -0.05) is 0 Å². The van der Waals surface area contributed by atoms with Crippen LogP contribution < -0.4 is 15.8 Å². The first kappa shape index (κ1) is 10.7. The zero-order valence-electron chi connectivity index (χ0n) is 9.19. The highest BCUT2D eigenvalue weighted by Crippen LogP contribution is 2.30. The Kier molecular flexibility index (Phi) is 2.94. The monoisotopic (exact) mass is 221 g/mol. The molecular weight excluding hydrogens is 206 g/mol. The Labute approximate surface area is 94.0 Å². The predicted octanol–water partition coefficient (Wildman–Crippen LogP) is 0.666. The van der Waals surface area contributed by atoms with Gasteiger partial charge < -0.3 is 15.8 Å². The highest BCUT2D eigenvalue weighted by molar-refractivity contribution is 5.79. The van der Waals surface area contributed by atoms with Crippen molar-refractivity contribution >= 4 is 11.6 Å². The van der Waals surface area contributed by atoms with Gasteiger partial charge in [0.2, 0.25) is 5.91 Å². The second-order valence-electron chi connectivity index (χ2n) is 3.79. The lowest BCUT2D eigenvalue weighted by Gasteiger charge is -2.13. The van der Waals surface area contributed by atoms with Crippen LogP contribution in [0.5, 0.6) is 5.75 Å². The zero-order valence-corrected chi connectivity index (χ0v) is 9.19. The molecule has 5 heteroatoms. The van der Waals surface area contributed by atoms with Crippen LogP contribution in [0.4, 0.5) is 5.69 Å². The van der Waals surface area contributed by atoms with Crippen molar-refractivity contribution in [2.24, 2.45) is 0 Å². The number of nitrogens with one attached hydrogen (secondary N) is 1. The van der Waals surface area contributed by atoms with E-state index in [1.807, 2.05) is 6.92 Å². The third-order valence-electron chi connectivity index (χ3n) is 2.57. The van der Waals surface area contributed by atoms with Crippen LogP contribution in [0, 0.1) is 0 Å². The van der Waals surface area contributed by atoms with Crippen molar-refractivity contribution in [2.75, 3.05) is 18.9 Å². The van der Waals surface area contributed by atoms with Crippen molar-refractivity contribution in [3.63, 3.8) is 0 Å². The van der Waals surface area contributed by atoms with Crippen LogP contribution in [-0.4, -0.2) is 24.0 Å². The summed E-state index contributed by atoms with van der Waals surface area (Å²) in [5, 5.41) is 2.79. The van der Waals surface area contributed by atoms with E-state index in [-0.39, 0.29) is 11.8 Å². The second-order valence-corrected chi connectivity index (χ2v) is 3.79. The Morgan fingerprint density at radius 2 is 2.50 bits per heavy atom. The largest absolute Gasteiger partial charge is 0.492 e. The Balaban J connectivity index is 2.28. The van der Waals surface area contributed by atoms with Gasteiger partial charge in [0.1, 0.15) is 5.75 Å². The molecule has 3 N–H and O–H groups in total. The average molecular weight is 221 g/mol. The molecule has 2 rings (SSSR count). The fourth-order valence-corrected chi connectivity index (χ4v) is 1.85. The Morgan fingerprint density at radius 3 is 3.12 bits per heavy atom. The van der Waals surface area contributed by atoms with Crippen LogP contribution >= 0.6 is 0 Å². The van der Waals surface area contributed by atoms with Crippen LogP contribution in [0.1, 0.15) is 25.0 Å². The number of nitrogen functional groups attached to an aromatic ring is 1. The number of anilines is 1. The van der Waals surface area contributed by atoms with Crippen molar-refractivity contribution in [1.29, 1.82) is 0 Å². The first-order chi connectivity index (χ1) is 7.70. The van der Waals surface area contributed by atoms with Crippen molar-refractivity contribution < 1.29 is 9.53 Å². The van der Waals surface area contributed by atoms with Crippen LogP contribution in [0.15, 0.2) is 12.3 Å². The number of hydrogen-bond acceptors (Lipinski definition) is 4. The predicted molar refractivity (Wildman–Crippen MR) is 60.2 cm³/mol. The van der Waals surface area contributed by atoms with E-state index < -0.39 is 0 Å². The number of ether oxygens (including phenoxy) is 1. The van der Waals surface area contributed by atoms with Gasteiger partial charge in [0, 0.05) is 24.9 Å². The van der Waals surface area contributed by atoms with Gasteiger partial charge in [-0.15, -0.1) is 0 Å². The summed E-state index contributed by atoms with van der Waals surface area (Å²) < 4.78 is 5.48. The smallest absolute Gasteiger partial charge is 0.220 e. The molecule has 86 valence electrons. The van der Waals surface area contributed by atoms with E-state index in [0.29, 0.717) is 31.0 Å². The van der Waals surface area contributed by atoms with Crippen LogP contribution in [-0.2, 0) is 4.79 Å². The molecule has 0 bridgehead atoms. The summed E-state index contributed by atoms with van der Waals surface area (Å²) in [4.78, 5) is 15.4. The molecule has 1 amide bonds. The van der Waals surface area contributed by atoms with Crippen molar-refractivity contribution in [3.8, 4) is 5.75 Å². The van der Waals surface area contributed by atoms with Crippen LogP contribution in [0.2, 0.25) is 0 Å². The molecule has 0 aliphatic carbocycles. The summed E-state index contributed by atoms with van der Waals surface area (Å²) >= 11 is 0. The molecule has 1 fully saturated rings. The summed E-state index contributed by atoms with van der Waals surface area (Å²) in [5.41, 5.74) is 7.05. The van der Waals surface area contributed by atoms with E-state index in [1.165, 1.54) is 0 Å². The van der Waals surface area contributed by atoms with Crippen LogP contribution in [0.25, 0.3) is 0 Å². The summed E-state index contributed by atoms with van der Waals surface area (Å²) in [6.07, 6.45) is 2.07. The topological polar surface area (TPSA) is 77.2 Å². The summed E-state index contributed by atoms with van der Waals surface area (Å²) in [5.74, 6) is 0.838. The number of rotatable bonds is 3. The molecule has 1 atom stereocenters. The van der Waals surface area contributed by atoms with E-state index >= 15 is 0 Å². The minimum Gasteiger partial charge on any atom is -0.492 e. The molecule has 1 aliphatic heterocycles. The molecule has 0 aromatic carbocycles. The van der Waals surface area contributed by atoms with E-state index in [1.54, 1.807) is 12.3 Å². The lowest BCUT2D eigenvalue weighted by Crippen LogP contribution is -2.14. The van der Waals surface area contributed by atoms with E-state index in [2.05, 4.69) is 10.3 Å². The highest BCUT2D eigenvalue weighted by Gasteiger charge is 2.26. The molecule has 16 heavy (non-hydrogen) atoms. The summed E-state index contributed by atoms with van der Waals surface area (Å²) in [7, 11) is 0. The molecule has 0 unspecified atom stereocenters. The number of pyridine rings is 1. The maximum atomic E-state index is 11.2. The van der Waals surface area contributed by atoms with Gasteiger partial charge in [-0.2, -0.15) is 0 Å². The van der Waals surface area contributed by atoms with Crippen molar-refractivity contribution in [1.82, 2.24) is 10.3 Å². The fraction of sp³-hybridized carbons (Fsp3) is 0.455. The lowest BCUT2D eigenvalue weighted by molar-refractivity contribution is -0.119. The molecule has 1 aromatic rings. The molecule has 1 aliphatic rings. The molecule has 0 saturated carbocycles. The molecule has 0 spiro atoms. The van der Waals surface area contributed by atoms with E-state index in [9.17, 15) is 4.79 Å². The maximum Gasteiger partial charge on any atom is 0.220 e. The number of nitrogens with two attached hydrogens (primary N) is 1. The third-order valence-corrected chi connectivity index (χ3v) is 2.57. The number of amides is 1. The molecular formula is C11H15N3O2. The number of carbonyl (C=O) groups excluding carboxylic acids is 1. The van der Waals surface area contributed by atoms with Crippen molar-refractivity contribution in [2.45, 2.75) is 19.3 Å². The Hall–Kier alpha value is -1.78. The molecule has 1 saturated heterocycles. The van der Waals surface area contributed by atoms with Gasteiger partial charge >= 0.3 is 0 Å². The molecule has 5 nitrogen and oxygen atoms in total. The van der Waals surface area contributed by atoms with E-state index in [0.717, 1.165) is 5.69 Å². The first-order valence-electron chi connectivity index (χ1n) is 5.35. The van der Waals surface area contributed by atoms with Gasteiger partial charge in [-0.25, -0.2) is 0 Å². The SMILES string of the molecule is CCOc1cc(N)cnc1[C@@H]1CNC(=O)C1. The van der Waals surface area contributed by atoms with Gasteiger partial charge in [0.05, 0.1) is 24.2 Å². The number of hydrogen-bond donors (Lipinski definition) is 2. The number of nitrogens with zero attached hydrogens (tertiary/aromatic N) is 1. The maximum absolute atomic E-state index is 11.2. The average Bonchev–Trinajstić information content (AvgIpc) is 2.65. The summed E-state index contributed by atoms with van der Waals surface area (Å²) in [6, 6.07) is 1.76. The first-order valence-corrected chi connectivity index (χ1v) is 5.35. The van der Waals surface area contributed by atoms with E-state index in [4.69, 9.17) is 10.5 Å². The lowest BCUT2D eigenvalue weighted by atomic mass is 10.0. The zero-order chi connectivity index (χ0) is 11.5. The Bertz CT molecular complexity index is 406. The molecule has 1 aromatic heterocycles. The minimum atomic E-state index is 0.0612. The Morgan fingerprint density at radius 1 is 1.69 bits per heavy atom. The second kappa shape index (κ2) is 4.38. The van der Waals surface area contributed by atoms with Gasteiger partial charge in [0.15, 0.2) is 0 Å². The number of carbonyl (C=O) groups is 1. The summed E-state index contributed by atoms with van der Waals surface area (Å²) in [6.45, 7) is 3.09. The number of aromatic nitrogens is 1. The van der Waals surface area contributed by atoms with Gasteiger partial charge in [-0.3, -0.25) is 9.78 Å². The van der Waals surface area contributed by atoms with Crippen molar-refractivity contribution in [3.05, 3.63) is 18.0 Å². The van der Waals surface area contributed by atoms with Gasteiger partial charge in [-0.05, 0) is 6.92 Å². The quantitative estimate of drug-likeness (QED) is 0.786. The van der Waals surface area contributed by atoms with Gasteiger partial charge in [0.25, 0.3) is 0 Å². The molecule has 2 heterocycles. The fourth-order valence-electron chi connectivity index (χ4n) is 1.85. The third kappa shape index (κ3) is 2.08. The normalized spacial score (nSPS) is 19.6.